The molecule has 3 aromatic rings. The highest BCUT2D eigenvalue weighted by atomic mass is 35.5. The summed E-state index contributed by atoms with van der Waals surface area (Å²) in [6, 6.07) is 20.5. The number of methoxy groups -OCH3 is 1. The van der Waals surface area contributed by atoms with E-state index in [2.05, 4.69) is 10.3 Å². The number of anilines is 1. The first-order valence-corrected chi connectivity index (χ1v) is 12.8. The van der Waals surface area contributed by atoms with Gasteiger partial charge in [-0.1, -0.05) is 53.7 Å². The Kier molecular flexibility index (Phi) is 7.25. The lowest BCUT2D eigenvalue weighted by Crippen LogP contribution is -2.25. The van der Waals surface area contributed by atoms with E-state index < -0.39 is 22.9 Å². The Hall–Kier alpha value is -3.69. The number of hydrogen-bond donors (Lipinski definition) is 1. The van der Waals surface area contributed by atoms with Crippen molar-refractivity contribution >= 4 is 51.7 Å². The van der Waals surface area contributed by atoms with Gasteiger partial charge in [-0.05, 0) is 53.6 Å². The van der Waals surface area contributed by atoms with Crippen molar-refractivity contribution in [3.63, 3.8) is 0 Å². The van der Waals surface area contributed by atoms with Crippen molar-refractivity contribution in [2.75, 3.05) is 12.4 Å². The number of amides is 2. The van der Waals surface area contributed by atoms with E-state index in [0.717, 1.165) is 22.6 Å². The molecule has 10 heteroatoms. The van der Waals surface area contributed by atoms with Gasteiger partial charge >= 0.3 is 0 Å². The van der Waals surface area contributed by atoms with Crippen molar-refractivity contribution in [1.82, 2.24) is 5.01 Å². The first-order chi connectivity index (χ1) is 17.9. The predicted molar refractivity (Wildman–Crippen MR) is 144 cm³/mol. The van der Waals surface area contributed by atoms with Gasteiger partial charge < -0.3 is 10.1 Å². The lowest BCUT2D eigenvalue weighted by Gasteiger charge is -2.23. The third-order valence-electron chi connectivity index (χ3n) is 5.99. The third kappa shape index (κ3) is 5.68. The van der Waals surface area contributed by atoms with Crippen LogP contribution in [-0.2, 0) is 9.59 Å². The van der Waals surface area contributed by atoms with E-state index in [0.29, 0.717) is 22.3 Å². The number of carbonyl (C=O) groups is 2. The summed E-state index contributed by atoms with van der Waals surface area (Å²) in [4.78, 5) is 29.5. The Bertz CT molecular complexity index is 1400. The average molecular weight is 537 g/mol. The van der Waals surface area contributed by atoms with Gasteiger partial charge in [-0.25, -0.2) is 9.40 Å². The van der Waals surface area contributed by atoms with Crippen LogP contribution in [0.3, 0.4) is 0 Å². The smallest absolute Gasteiger partial charge is 0.262 e. The maximum Gasteiger partial charge on any atom is 0.262 e. The number of halogens is 2. The first kappa shape index (κ1) is 25.0. The molecule has 2 amide bonds. The Morgan fingerprint density at radius 2 is 1.92 bits per heavy atom. The molecule has 0 spiro atoms. The number of aliphatic imine (C=N–C) groups is 1. The van der Waals surface area contributed by atoms with E-state index in [-0.39, 0.29) is 12.5 Å². The van der Waals surface area contributed by atoms with Crippen LogP contribution in [0.15, 0.2) is 82.9 Å². The molecule has 2 aliphatic heterocycles. The molecule has 0 saturated carbocycles. The average Bonchev–Trinajstić information content (AvgIpc) is 3.48. The van der Waals surface area contributed by atoms with Crippen LogP contribution in [0, 0.1) is 5.82 Å². The van der Waals surface area contributed by atoms with Gasteiger partial charge in [-0.3, -0.25) is 9.59 Å². The SMILES string of the molecule is COc1ccc([C@H]2CC(c3ccc(Cl)cc3)=NN2C2=NC(=O)[C@@H](CC(=O)Nc3cccc(F)c3)S2)cc1. The van der Waals surface area contributed by atoms with Crippen molar-refractivity contribution in [2.24, 2.45) is 10.1 Å². The van der Waals surface area contributed by atoms with Crippen LogP contribution in [0.5, 0.6) is 5.75 Å². The van der Waals surface area contributed by atoms with Crippen molar-refractivity contribution in [3.05, 3.63) is 94.8 Å². The van der Waals surface area contributed by atoms with Gasteiger partial charge in [0.15, 0.2) is 5.17 Å². The fourth-order valence-corrected chi connectivity index (χ4v) is 5.33. The molecule has 0 fully saturated rings. The van der Waals surface area contributed by atoms with Crippen LogP contribution in [0.2, 0.25) is 5.02 Å². The van der Waals surface area contributed by atoms with Crippen LogP contribution in [0.1, 0.15) is 30.0 Å². The number of nitrogens with one attached hydrogen (secondary N) is 1. The molecule has 2 heterocycles. The second-order valence-electron chi connectivity index (χ2n) is 8.49. The fourth-order valence-electron chi connectivity index (χ4n) is 4.14. The minimum absolute atomic E-state index is 0.0954. The highest BCUT2D eigenvalue weighted by molar-refractivity contribution is 8.15. The van der Waals surface area contributed by atoms with Crippen molar-refractivity contribution in [1.29, 1.82) is 0 Å². The molecule has 0 aliphatic carbocycles. The zero-order valence-corrected chi connectivity index (χ0v) is 21.3. The zero-order valence-electron chi connectivity index (χ0n) is 19.7. The number of carbonyl (C=O) groups excluding carboxylic acids is 2. The summed E-state index contributed by atoms with van der Waals surface area (Å²) in [5.74, 6) is -0.522. The van der Waals surface area contributed by atoms with E-state index in [1.165, 1.54) is 30.0 Å². The van der Waals surface area contributed by atoms with Gasteiger partial charge in [0.2, 0.25) is 5.91 Å². The van der Waals surface area contributed by atoms with E-state index in [1.807, 2.05) is 48.5 Å². The highest BCUT2D eigenvalue weighted by Crippen LogP contribution is 2.39. The van der Waals surface area contributed by atoms with Gasteiger partial charge in [0.1, 0.15) is 16.8 Å². The molecule has 0 aromatic heterocycles. The van der Waals surface area contributed by atoms with Gasteiger partial charge in [0.05, 0.1) is 18.9 Å². The summed E-state index contributed by atoms with van der Waals surface area (Å²) in [7, 11) is 1.61. The standard InChI is InChI=1S/C27H22ClFN4O3S/c1-36-21-11-7-17(8-12-21)23-14-22(16-5-9-18(28)10-6-16)32-33(23)27-31-26(35)24(37-27)15-25(34)30-20-4-2-3-19(29)13-20/h2-13,23-24H,14-15H2,1H3,(H,30,34)/t23-,24-/m1/s1. The molecule has 2 aliphatic rings. The lowest BCUT2D eigenvalue weighted by atomic mass is 9.98. The fraction of sp³-hybridized carbons (Fsp3) is 0.185. The number of rotatable bonds is 6. The summed E-state index contributed by atoms with van der Waals surface area (Å²) >= 11 is 7.27. The van der Waals surface area contributed by atoms with Crippen molar-refractivity contribution in [3.8, 4) is 5.75 Å². The molecule has 0 bridgehead atoms. The summed E-state index contributed by atoms with van der Waals surface area (Å²) in [6.45, 7) is 0. The number of nitrogens with zero attached hydrogens (tertiary/aromatic N) is 3. The largest absolute Gasteiger partial charge is 0.497 e. The number of hydrazone groups is 1. The summed E-state index contributed by atoms with van der Waals surface area (Å²) in [5, 5.41) is 9.57. The molecule has 37 heavy (non-hydrogen) atoms. The van der Waals surface area contributed by atoms with Gasteiger partial charge in [-0.15, -0.1) is 0 Å². The lowest BCUT2D eigenvalue weighted by molar-refractivity contribution is -0.121. The van der Waals surface area contributed by atoms with Crippen LogP contribution in [0.25, 0.3) is 0 Å². The van der Waals surface area contributed by atoms with Gasteiger partial charge in [0, 0.05) is 23.6 Å². The van der Waals surface area contributed by atoms with Crippen molar-refractivity contribution in [2.45, 2.75) is 24.1 Å². The van der Waals surface area contributed by atoms with E-state index in [4.69, 9.17) is 21.4 Å². The van der Waals surface area contributed by atoms with Crippen molar-refractivity contribution < 1.29 is 18.7 Å². The zero-order chi connectivity index (χ0) is 25.9. The normalized spacial score (nSPS) is 19.0. The molecule has 1 N–H and O–H groups in total. The maximum absolute atomic E-state index is 13.4. The monoisotopic (exact) mass is 536 g/mol. The Morgan fingerprint density at radius 1 is 1.16 bits per heavy atom. The van der Waals surface area contributed by atoms with Gasteiger partial charge in [0.25, 0.3) is 5.91 Å². The Balaban J connectivity index is 1.35. The number of benzene rings is 3. The molecular formula is C27H22ClFN4O3S. The molecular weight excluding hydrogens is 515 g/mol. The second-order valence-corrected chi connectivity index (χ2v) is 10.1. The molecule has 3 aromatic carbocycles. The number of thioether (sulfide) groups is 1. The molecule has 0 unspecified atom stereocenters. The Morgan fingerprint density at radius 3 is 2.62 bits per heavy atom. The predicted octanol–water partition coefficient (Wildman–Crippen LogP) is 5.67. The van der Waals surface area contributed by atoms with E-state index >= 15 is 0 Å². The molecule has 7 nitrogen and oxygen atoms in total. The van der Waals surface area contributed by atoms with Crippen LogP contribution in [0.4, 0.5) is 10.1 Å². The number of hydrogen-bond acceptors (Lipinski definition) is 6. The third-order valence-corrected chi connectivity index (χ3v) is 7.39. The quantitative estimate of drug-likeness (QED) is 0.439. The summed E-state index contributed by atoms with van der Waals surface area (Å²) in [5.41, 5.74) is 3.07. The first-order valence-electron chi connectivity index (χ1n) is 11.5. The number of ether oxygens (including phenoxy) is 1. The number of amidine groups is 1. The molecule has 2 atom stereocenters. The summed E-state index contributed by atoms with van der Waals surface area (Å²) in [6.07, 6.45) is 0.494. The minimum Gasteiger partial charge on any atom is -0.497 e. The minimum atomic E-state index is -0.699. The molecule has 188 valence electrons. The van der Waals surface area contributed by atoms with Crippen LogP contribution < -0.4 is 10.1 Å². The van der Waals surface area contributed by atoms with E-state index in [9.17, 15) is 14.0 Å². The topological polar surface area (TPSA) is 83.4 Å². The van der Waals surface area contributed by atoms with Crippen LogP contribution in [-0.4, -0.2) is 40.1 Å². The van der Waals surface area contributed by atoms with Gasteiger partial charge in [-0.2, -0.15) is 10.1 Å². The Labute approximate surface area is 222 Å². The molecule has 0 saturated heterocycles. The maximum atomic E-state index is 13.4. The molecule has 0 radical (unpaired) electrons. The van der Waals surface area contributed by atoms with Crippen LogP contribution >= 0.6 is 23.4 Å². The van der Waals surface area contributed by atoms with E-state index in [1.54, 1.807) is 18.2 Å². The molecule has 5 rings (SSSR count). The summed E-state index contributed by atoms with van der Waals surface area (Å²) < 4.78 is 18.7. The second kappa shape index (κ2) is 10.7. The highest BCUT2D eigenvalue weighted by Gasteiger charge is 2.39.